The minimum Gasteiger partial charge on any atom is -0.393 e. The third-order valence-electron chi connectivity index (χ3n) is 2.36. The van der Waals surface area contributed by atoms with Crippen molar-refractivity contribution < 1.29 is 9.84 Å². The second-order valence-electron chi connectivity index (χ2n) is 3.85. The van der Waals surface area contributed by atoms with Crippen LogP contribution in [0, 0.1) is 0 Å². The lowest BCUT2D eigenvalue weighted by atomic mass is 10.1. The van der Waals surface area contributed by atoms with E-state index in [0.717, 1.165) is 23.6 Å². The van der Waals surface area contributed by atoms with E-state index < -0.39 is 0 Å². The highest BCUT2D eigenvalue weighted by molar-refractivity contribution is 6.31. The Morgan fingerprint density at radius 1 is 1.31 bits per heavy atom. The highest BCUT2D eigenvalue weighted by Crippen LogP contribution is 2.17. The van der Waals surface area contributed by atoms with Gasteiger partial charge in [-0.15, -0.1) is 0 Å². The molecule has 0 aliphatic carbocycles. The van der Waals surface area contributed by atoms with Gasteiger partial charge in [0.2, 0.25) is 0 Å². The van der Waals surface area contributed by atoms with Gasteiger partial charge in [-0.2, -0.15) is 0 Å². The lowest BCUT2D eigenvalue weighted by Gasteiger charge is -2.11. The van der Waals surface area contributed by atoms with Gasteiger partial charge in [0, 0.05) is 18.2 Å². The molecule has 1 aromatic carbocycles. The van der Waals surface area contributed by atoms with E-state index in [-0.39, 0.29) is 6.10 Å². The standard InChI is InChI=1S/C13H19ClO2/c1-2-8-16-9-7-12(15)10-11-5-3-4-6-13(11)14/h3-6,12,15H,2,7-10H2,1H3. The van der Waals surface area contributed by atoms with Crippen molar-refractivity contribution in [2.45, 2.75) is 32.3 Å². The number of halogens is 1. The molecule has 0 saturated carbocycles. The highest BCUT2D eigenvalue weighted by Gasteiger charge is 2.07. The molecule has 16 heavy (non-hydrogen) atoms. The van der Waals surface area contributed by atoms with Crippen molar-refractivity contribution >= 4 is 11.6 Å². The van der Waals surface area contributed by atoms with Crippen LogP contribution in [0.25, 0.3) is 0 Å². The minimum atomic E-state index is -0.378. The molecule has 0 fully saturated rings. The fraction of sp³-hybridized carbons (Fsp3) is 0.538. The summed E-state index contributed by atoms with van der Waals surface area (Å²) < 4.78 is 5.33. The van der Waals surface area contributed by atoms with Crippen molar-refractivity contribution in [3.63, 3.8) is 0 Å². The maximum atomic E-state index is 9.79. The molecule has 90 valence electrons. The van der Waals surface area contributed by atoms with Gasteiger partial charge in [-0.05, 0) is 30.9 Å². The topological polar surface area (TPSA) is 29.5 Å². The van der Waals surface area contributed by atoms with Gasteiger partial charge in [0.05, 0.1) is 6.10 Å². The van der Waals surface area contributed by atoms with E-state index >= 15 is 0 Å². The predicted molar refractivity (Wildman–Crippen MR) is 66.9 cm³/mol. The lowest BCUT2D eigenvalue weighted by Crippen LogP contribution is -2.14. The van der Waals surface area contributed by atoms with Crippen LogP contribution in [-0.2, 0) is 11.2 Å². The second-order valence-corrected chi connectivity index (χ2v) is 4.26. The second kappa shape index (κ2) is 7.66. The first-order chi connectivity index (χ1) is 7.74. The predicted octanol–water partition coefficient (Wildman–Crippen LogP) is 3.06. The van der Waals surface area contributed by atoms with Crippen LogP contribution >= 0.6 is 11.6 Å². The first-order valence-corrected chi connectivity index (χ1v) is 6.11. The van der Waals surface area contributed by atoms with E-state index in [9.17, 15) is 5.11 Å². The molecular formula is C13H19ClO2. The van der Waals surface area contributed by atoms with Gasteiger partial charge in [0.25, 0.3) is 0 Å². The third-order valence-corrected chi connectivity index (χ3v) is 2.73. The monoisotopic (exact) mass is 242 g/mol. The average molecular weight is 243 g/mol. The van der Waals surface area contributed by atoms with Crippen LogP contribution in [0.3, 0.4) is 0 Å². The minimum absolute atomic E-state index is 0.378. The maximum Gasteiger partial charge on any atom is 0.0603 e. The third kappa shape index (κ3) is 4.97. The van der Waals surface area contributed by atoms with Gasteiger partial charge in [-0.25, -0.2) is 0 Å². The zero-order chi connectivity index (χ0) is 11.8. The van der Waals surface area contributed by atoms with Crippen molar-refractivity contribution in [1.29, 1.82) is 0 Å². The molecule has 0 saturated heterocycles. The summed E-state index contributed by atoms with van der Waals surface area (Å²) in [5, 5.41) is 10.5. The summed E-state index contributed by atoms with van der Waals surface area (Å²) in [6.45, 7) is 3.44. The molecule has 0 aromatic heterocycles. The van der Waals surface area contributed by atoms with Gasteiger partial charge < -0.3 is 9.84 Å². The van der Waals surface area contributed by atoms with Gasteiger partial charge >= 0.3 is 0 Å². The Hall–Kier alpha value is -0.570. The molecule has 3 heteroatoms. The Labute approximate surface area is 102 Å². The normalized spacial score (nSPS) is 12.7. The van der Waals surface area contributed by atoms with Crippen molar-refractivity contribution in [2.24, 2.45) is 0 Å². The Balaban J connectivity index is 2.28. The fourth-order valence-electron chi connectivity index (χ4n) is 1.49. The smallest absolute Gasteiger partial charge is 0.0603 e. The average Bonchev–Trinajstić information content (AvgIpc) is 2.28. The van der Waals surface area contributed by atoms with E-state index in [1.807, 2.05) is 24.3 Å². The zero-order valence-electron chi connectivity index (χ0n) is 9.66. The molecule has 0 bridgehead atoms. The molecule has 1 N–H and O–H groups in total. The molecular weight excluding hydrogens is 224 g/mol. The number of benzene rings is 1. The molecule has 2 nitrogen and oxygen atoms in total. The Bertz CT molecular complexity index is 302. The summed E-state index contributed by atoms with van der Waals surface area (Å²) in [7, 11) is 0. The zero-order valence-corrected chi connectivity index (χ0v) is 10.4. The Kier molecular flexibility index (Phi) is 6.46. The summed E-state index contributed by atoms with van der Waals surface area (Å²) in [5.74, 6) is 0. The number of hydrogen-bond donors (Lipinski definition) is 1. The molecule has 1 rings (SSSR count). The number of hydrogen-bond acceptors (Lipinski definition) is 2. The SMILES string of the molecule is CCCOCCC(O)Cc1ccccc1Cl. The van der Waals surface area contributed by atoms with Crippen LogP contribution in [-0.4, -0.2) is 24.4 Å². The van der Waals surface area contributed by atoms with Crippen LogP contribution in [0.15, 0.2) is 24.3 Å². The number of aliphatic hydroxyl groups is 1. The molecule has 0 amide bonds. The molecule has 0 aliphatic heterocycles. The molecule has 1 atom stereocenters. The summed E-state index contributed by atoms with van der Waals surface area (Å²) in [5.41, 5.74) is 0.993. The Morgan fingerprint density at radius 3 is 2.75 bits per heavy atom. The largest absolute Gasteiger partial charge is 0.393 e. The molecule has 1 unspecified atom stereocenters. The molecule has 0 aliphatic rings. The van der Waals surface area contributed by atoms with Crippen LogP contribution in [0.4, 0.5) is 0 Å². The van der Waals surface area contributed by atoms with Crippen molar-refractivity contribution in [2.75, 3.05) is 13.2 Å². The van der Waals surface area contributed by atoms with Crippen LogP contribution in [0.1, 0.15) is 25.3 Å². The number of ether oxygens (including phenoxy) is 1. The molecule has 0 spiro atoms. The van der Waals surface area contributed by atoms with Crippen LogP contribution in [0.2, 0.25) is 5.02 Å². The summed E-state index contributed by atoms with van der Waals surface area (Å²) in [6.07, 6.45) is 1.89. The van der Waals surface area contributed by atoms with Crippen molar-refractivity contribution in [1.82, 2.24) is 0 Å². The number of aliphatic hydroxyl groups excluding tert-OH is 1. The highest BCUT2D eigenvalue weighted by atomic mass is 35.5. The van der Waals surface area contributed by atoms with Crippen LogP contribution in [0.5, 0.6) is 0 Å². The van der Waals surface area contributed by atoms with Gasteiger partial charge in [-0.3, -0.25) is 0 Å². The Morgan fingerprint density at radius 2 is 2.06 bits per heavy atom. The van der Waals surface area contributed by atoms with E-state index in [1.165, 1.54) is 0 Å². The van der Waals surface area contributed by atoms with Gasteiger partial charge in [0.1, 0.15) is 0 Å². The van der Waals surface area contributed by atoms with Gasteiger partial charge in [0.15, 0.2) is 0 Å². The number of rotatable bonds is 7. The first kappa shape index (κ1) is 13.5. The lowest BCUT2D eigenvalue weighted by molar-refractivity contribution is 0.0824. The maximum absolute atomic E-state index is 9.79. The van der Waals surface area contributed by atoms with E-state index in [0.29, 0.717) is 19.4 Å². The van der Waals surface area contributed by atoms with Gasteiger partial charge in [-0.1, -0.05) is 36.7 Å². The van der Waals surface area contributed by atoms with Crippen molar-refractivity contribution in [3.8, 4) is 0 Å². The van der Waals surface area contributed by atoms with E-state index in [4.69, 9.17) is 16.3 Å². The first-order valence-electron chi connectivity index (χ1n) is 5.73. The molecule has 0 heterocycles. The molecule has 1 aromatic rings. The summed E-state index contributed by atoms with van der Waals surface area (Å²) in [6, 6.07) is 7.61. The molecule has 0 radical (unpaired) electrons. The van der Waals surface area contributed by atoms with E-state index in [1.54, 1.807) is 0 Å². The van der Waals surface area contributed by atoms with E-state index in [2.05, 4.69) is 6.92 Å². The fourth-order valence-corrected chi connectivity index (χ4v) is 1.70. The van der Waals surface area contributed by atoms with Crippen molar-refractivity contribution in [3.05, 3.63) is 34.9 Å². The summed E-state index contributed by atoms with van der Waals surface area (Å²) in [4.78, 5) is 0. The quantitative estimate of drug-likeness (QED) is 0.745. The summed E-state index contributed by atoms with van der Waals surface area (Å²) >= 11 is 6.01. The van der Waals surface area contributed by atoms with Crippen LogP contribution < -0.4 is 0 Å².